The first-order valence-electron chi connectivity index (χ1n) is 4.20. The monoisotopic (exact) mass is 212 g/mol. The summed E-state index contributed by atoms with van der Waals surface area (Å²) < 4.78 is 0. The van der Waals surface area contributed by atoms with E-state index in [2.05, 4.69) is 17.7 Å². The molecular formula is C8H18Cl2N2. The third-order valence-electron chi connectivity index (χ3n) is 2.93. The van der Waals surface area contributed by atoms with Crippen molar-refractivity contribution in [1.29, 1.82) is 0 Å². The number of halogens is 2. The predicted octanol–water partition coefficient (Wildman–Crippen LogP) is 1.05. The van der Waals surface area contributed by atoms with Crippen molar-refractivity contribution in [2.75, 3.05) is 26.7 Å². The van der Waals surface area contributed by atoms with E-state index in [4.69, 9.17) is 0 Å². The molecule has 2 bridgehead atoms. The summed E-state index contributed by atoms with van der Waals surface area (Å²) in [7, 11) is 2.05. The van der Waals surface area contributed by atoms with Gasteiger partial charge in [-0.05, 0) is 37.8 Å². The van der Waals surface area contributed by atoms with Gasteiger partial charge in [0.1, 0.15) is 0 Å². The normalized spacial score (nSPS) is 37.2. The van der Waals surface area contributed by atoms with Crippen molar-refractivity contribution in [2.45, 2.75) is 12.8 Å². The second kappa shape index (κ2) is 4.66. The zero-order valence-corrected chi connectivity index (χ0v) is 9.06. The summed E-state index contributed by atoms with van der Waals surface area (Å²) in [6.45, 7) is 3.71. The summed E-state index contributed by atoms with van der Waals surface area (Å²) in [5.41, 5.74) is 0.650. The molecule has 3 fully saturated rings. The van der Waals surface area contributed by atoms with Crippen molar-refractivity contribution in [3.05, 3.63) is 0 Å². The van der Waals surface area contributed by atoms with Crippen LogP contribution in [0.5, 0.6) is 0 Å². The van der Waals surface area contributed by atoms with Crippen LogP contribution >= 0.6 is 24.8 Å². The molecule has 0 aromatic heterocycles. The van der Waals surface area contributed by atoms with Crippen LogP contribution in [0.4, 0.5) is 0 Å². The van der Waals surface area contributed by atoms with Gasteiger partial charge in [-0.15, -0.1) is 24.8 Å². The van der Waals surface area contributed by atoms with Crippen molar-refractivity contribution in [2.24, 2.45) is 11.3 Å². The maximum Gasteiger partial charge on any atom is 0.00203 e. The van der Waals surface area contributed by atoms with Crippen LogP contribution in [0.3, 0.4) is 0 Å². The van der Waals surface area contributed by atoms with Crippen LogP contribution in [0.1, 0.15) is 12.8 Å². The topological polar surface area (TPSA) is 24.1 Å². The zero-order chi connectivity index (χ0) is 7.03. The molecule has 3 rings (SSSR count). The van der Waals surface area contributed by atoms with Gasteiger partial charge in [-0.2, -0.15) is 0 Å². The van der Waals surface area contributed by atoms with Gasteiger partial charge in [0.25, 0.3) is 0 Å². The Labute approximate surface area is 86.7 Å². The van der Waals surface area contributed by atoms with E-state index >= 15 is 0 Å². The van der Waals surface area contributed by atoms with E-state index in [0.717, 1.165) is 5.92 Å². The molecule has 2 aliphatic heterocycles. The molecule has 2 saturated heterocycles. The first kappa shape index (κ1) is 12.5. The lowest BCUT2D eigenvalue weighted by Crippen LogP contribution is -2.58. The molecule has 0 radical (unpaired) electrons. The number of fused-ring (bicyclic) bond motifs is 2. The summed E-state index contributed by atoms with van der Waals surface area (Å²) in [6.07, 6.45) is 2.92. The van der Waals surface area contributed by atoms with Gasteiger partial charge >= 0.3 is 0 Å². The third kappa shape index (κ3) is 2.05. The van der Waals surface area contributed by atoms with Crippen LogP contribution in [0.2, 0.25) is 0 Å². The molecule has 1 saturated carbocycles. The number of piperidine rings is 2. The van der Waals surface area contributed by atoms with Crippen LogP contribution < -0.4 is 10.6 Å². The molecule has 1 aliphatic carbocycles. The van der Waals surface area contributed by atoms with E-state index in [-0.39, 0.29) is 24.8 Å². The van der Waals surface area contributed by atoms with Gasteiger partial charge in [0.05, 0.1) is 0 Å². The predicted molar refractivity (Wildman–Crippen MR) is 56.4 cm³/mol. The Morgan fingerprint density at radius 3 is 2.50 bits per heavy atom. The standard InChI is InChI=1S/C8H16N2.2ClH/c1-9-5-8-2-7(3-8)4-10-6-8;;/h7,9-10H,2-6H2,1H3;2*1H. The summed E-state index contributed by atoms with van der Waals surface area (Å²) in [6, 6.07) is 0. The second-order valence-electron chi connectivity index (χ2n) is 3.94. The highest BCUT2D eigenvalue weighted by Gasteiger charge is 2.46. The maximum absolute atomic E-state index is 3.47. The molecule has 2 N–H and O–H groups in total. The molecule has 3 aliphatic rings. The number of hydrogen-bond acceptors (Lipinski definition) is 2. The van der Waals surface area contributed by atoms with Crippen LogP contribution in [-0.4, -0.2) is 26.7 Å². The molecule has 0 amide bonds. The zero-order valence-electron chi connectivity index (χ0n) is 7.43. The Bertz CT molecular complexity index is 124. The molecule has 0 spiro atoms. The Morgan fingerprint density at radius 1 is 1.42 bits per heavy atom. The number of rotatable bonds is 2. The molecule has 2 nitrogen and oxygen atoms in total. The largest absolute Gasteiger partial charge is 0.319 e. The SMILES string of the molecule is CNCC12CNCC(C1)C2.Cl.Cl. The Kier molecular flexibility index (Phi) is 4.85. The Hall–Kier alpha value is 0.500. The lowest BCUT2D eigenvalue weighted by Gasteiger charge is -2.52. The average Bonchev–Trinajstić information content (AvgIpc) is 1.87. The van der Waals surface area contributed by atoms with Crippen LogP contribution in [0.25, 0.3) is 0 Å². The summed E-state index contributed by atoms with van der Waals surface area (Å²) in [5.74, 6) is 1.00. The van der Waals surface area contributed by atoms with E-state index in [1.54, 1.807) is 0 Å². The summed E-state index contributed by atoms with van der Waals surface area (Å²) >= 11 is 0. The van der Waals surface area contributed by atoms with Crippen molar-refractivity contribution in [1.82, 2.24) is 10.6 Å². The number of nitrogens with one attached hydrogen (secondary N) is 2. The minimum atomic E-state index is 0. The molecule has 0 atom stereocenters. The fourth-order valence-corrected chi connectivity index (χ4v) is 2.58. The van der Waals surface area contributed by atoms with Gasteiger partial charge < -0.3 is 10.6 Å². The second-order valence-corrected chi connectivity index (χ2v) is 3.94. The highest BCUT2D eigenvalue weighted by molar-refractivity contribution is 5.85. The van der Waals surface area contributed by atoms with E-state index < -0.39 is 0 Å². The van der Waals surface area contributed by atoms with Gasteiger partial charge in [0.2, 0.25) is 0 Å². The lowest BCUT2D eigenvalue weighted by molar-refractivity contribution is 0.0165. The lowest BCUT2D eigenvalue weighted by atomic mass is 9.59. The Morgan fingerprint density at radius 2 is 2.08 bits per heavy atom. The number of hydrogen-bond donors (Lipinski definition) is 2. The van der Waals surface area contributed by atoms with Crippen molar-refractivity contribution >= 4 is 24.8 Å². The van der Waals surface area contributed by atoms with Crippen LogP contribution in [0.15, 0.2) is 0 Å². The third-order valence-corrected chi connectivity index (χ3v) is 2.93. The van der Waals surface area contributed by atoms with E-state index in [0.29, 0.717) is 5.41 Å². The Balaban J connectivity index is 0.000000605. The minimum absolute atomic E-state index is 0. The molecule has 0 aromatic rings. The average molecular weight is 213 g/mol. The molecule has 12 heavy (non-hydrogen) atoms. The maximum atomic E-state index is 3.47. The fraction of sp³-hybridized carbons (Fsp3) is 1.00. The molecule has 0 unspecified atom stereocenters. The molecule has 0 aromatic carbocycles. The van der Waals surface area contributed by atoms with Gasteiger partial charge in [0.15, 0.2) is 0 Å². The van der Waals surface area contributed by atoms with Gasteiger partial charge in [-0.3, -0.25) is 0 Å². The molecule has 4 heteroatoms. The fourth-order valence-electron chi connectivity index (χ4n) is 2.58. The van der Waals surface area contributed by atoms with Gasteiger partial charge in [-0.1, -0.05) is 0 Å². The van der Waals surface area contributed by atoms with Crippen molar-refractivity contribution in [3.63, 3.8) is 0 Å². The van der Waals surface area contributed by atoms with E-state index in [1.807, 2.05) is 0 Å². The molecular weight excluding hydrogens is 195 g/mol. The first-order valence-corrected chi connectivity index (χ1v) is 4.20. The molecule has 74 valence electrons. The van der Waals surface area contributed by atoms with Crippen LogP contribution in [0, 0.1) is 11.3 Å². The van der Waals surface area contributed by atoms with E-state index in [1.165, 1.54) is 32.5 Å². The van der Waals surface area contributed by atoms with Crippen molar-refractivity contribution in [3.8, 4) is 0 Å². The smallest absolute Gasteiger partial charge is 0.00203 e. The van der Waals surface area contributed by atoms with Gasteiger partial charge in [-0.25, -0.2) is 0 Å². The summed E-state index contributed by atoms with van der Waals surface area (Å²) in [5, 5.41) is 6.75. The highest BCUT2D eigenvalue weighted by Crippen LogP contribution is 2.46. The molecule has 2 heterocycles. The highest BCUT2D eigenvalue weighted by atomic mass is 35.5. The van der Waals surface area contributed by atoms with Crippen molar-refractivity contribution < 1.29 is 0 Å². The van der Waals surface area contributed by atoms with Gasteiger partial charge in [0, 0.05) is 13.1 Å². The quantitative estimate of drug-likeness (QED) is 0.716. The summed E-state index contributed by atoms with van der Waals surface area (Å²) in [4.78, 5) is 0. The van der Waals surface area contributed by atoms with Crippen LogP contribution in [-0.2, 0) is 0 Å². The van der Waals surface area contributed by atoms with E-state index in [9.17, 15) is 0 Å². The minimum Gasteiger partial charge on any atom is -0.319 e. The first-order chi connectivity index (χ1) is 4.85.